The zero-order valence-electron chi connectivity index (χ0n) is 12.6. The van der Waals surface area contributed by atoms with Crippen molar-refractivity contribution in [3.05, 3.63) is 64.3 Å². The van der Waals surface area contributed by atoms with Crippen LogP contribution in [0, 0.1) is 13.8 Å². The van der Waals surface area contributed by atoms with E-state index in [9.17, 15) is 0 Å². The van der Waals surface area contributed by atoms with E-state index in [0.29, 0.717) is 0 Å². The lowest BCUT2D eigenvalue weighted by Crippen LogP contribution is -2.06. The van der Waals surface area contributed by atoms with E-state index in [1.165, 1.54) is 27.7 Å². The van der Waals surface area contributed by atoms with Gasteiger partial charge in [-0.05, 0) is 43.2 Å². The van der Waals surface area contributed by atoms with Crippen molar-refractivity contribution in [2.45, 2.75) is 20.4 Å². The molecule has 0 bridgehead atoms. The molecule has 0 radical (unpaired) electrons. The van der Waals surface area contributed by atoms with Crippen molar-refractivity contribution in [1.82, 2.24) is 4.57 Å². The Kier molecular flexibility index (Phi) is 3.64. The molecule has 108 valence electrons. The highest BCUT2D eigenvalue weighted by atomic mass is 35.5. The van der Waals surface area contributed by atoms with Crippen LogP contribution in [0.15, 0.2) is 42.5 Å². The second-order valence-electron chi connectivity index (χ2n) is 5.48. The average molecular weight is 299 g/mol. The summed E-state index contributed by atoms with van der Waals surface area (Å²) in [5.74, 6) is 0. The molecule has 3 heteroatoms. The fourth-order valence-corrected chi connectivity index (χ4v) is 3.02. The summed E-state index contributed by atoms with van der Waals surface area (Å²) in [5, 5.41) is 5.53. The van der Waals surface area contributed by atoms with Gasteiger partial charge in [-0.15, -0.1) is 0 Å². The number of hydrogen-bond acceptors (Lipinski definition) is 1. The number of nitrogens with zero attached hydrogens (tertiary/aromatic N) is 1. The molecule has 1 N–H and O–H groups in total. The number of rotatable bonds is 3. The second kappa shape index (κ2) is 5.45. The van der Waals surface area contributed by atoms with Crippen molar-refractivity contribution in [2.24, 2.45) is 7.05 Å². The van der Waals surface area contributed by atoms with E-state index in [-0.39, 0.29) is 0 Å². The number of hydrogen-bond donors (Lipinski definition) is 1. The Morgan fingerprint density at radius 1 is 1.10 bits per heavy atom. The van der Waals surface area contributed by atoms with Crippen LogP contribution in [-0.4, -0.2) is 4.57 Å². The van der Waals surface area contributed by atoms with Crippen molar-refractivity contribution < 1.29 is 0 Å². The van der Waals surface area contributed by atoms with Gasteiger partial charge in [-0.2, -0.15) is 0 Å². The van der Waals surface area contributed by atoms with Crippen molar-refractivity contribution in [2.75, 3.05) is 5.32 Å². The first kappa shape index (κ1) is 14.0. The fourth-order valence-electron chi connectivity index (χ4n) is 2.84. The summed E-state index contributed by atoms with van der Waals surface area (Å²) in [6, 6.07) is 14.5. The van der Waals surface area contributed by atoms with Gasteiger partial charge in [0.2, 0.25) is 0 Å². The summed E-state index contributed by atoms with van der Waals surface area (Å²) in [7, 11) is 2.12. The molecule has 1 heterocycles. The van der Waals surface area contributed by atoms with Crippen LogP contribution in [0.25, 0.3) is 10.9 Å². The largest absolute Gasteiger partial charge is 0.378 e. The topological polar surface area (TPSA) is 17.0 Å². The molecule has 0 aliphatic rings. The Bertz CT molecular complexity index is 763. The number of aromatic nitrogens is 1. The molecule has 1 aromatic heterocycles. The number of aryl methyl sites for hydroxylation is 3. The van der Waals surface area contributed by atoms with Gasteiger partial charge in [-0.1, -0.05) is 35.9 Å². The SMILES string of the molecule is Cc1ccc(Cl)c(NCc2c(C)c3ccccc3n2C)c1. The number of benzene rings is 2. The van der Waals surface area contributed by atoms with Gasteiger partial charge in [-0.3, -0.25) is 0 Å². The van der Waals surface area contributed by atoms with Crippen molar-refractivity contribution in [1.29, 1.82) is 0 Å². The molecular weight excluding hydrogens is 280 g/mol. The maximum Gasteiger partial charge on any atom is 0.0637 e. The molecule has 0 fully saturated rings. The van der Waals surface area contributed by atoms with Gasteiger partial charge in [0.15, 0.2) is 0 Å². The molecule has 3 aromatic rings. The predicted molar refractivity (Wildman–Crippen MR) is 91.2 cm³/mol. The smallest absolute Gasteiger partial charge is 0.0637 e. The maximum absolute atomic E-state index is 6.25. The number of halogens is 1. The van der Waals surface area contributed by atoms with E-state index in [2.05, 4.69) is 61.1 Å². The maximum atomic E-state index is 6.25. The summed E-state index contributed by atoms with van der Waals surface area (Å²) in [5.41, 5.74) is 6.07. The number of para-hydroxylation sites is 1. The molecular formula is C18H19ClN2. The molecule has 0 saturated carbocycles. The van der Waals surface area contributed by atoms with Gasteiger partial charge < -0.3 is 9.88 Å². The number of fused-ring (bicyclic) bond motifs is 1. The van der Waals surface area contributed by atoms with Crippen molar-refractivity contribution in [3.8, 4) is 0 Å². The Hall–Kier alpha value is -1.93. The number of nitrogens with one attached hydrogen (secondary N) is 1. The first-order valence-electron chi connectivity index (χ1n) is 7.11. The minimum Gasteiger partial charge on any atom is -0.378 e. The third kappa shape index (κ3) is 2.52. The molecule has 0 spiro atoms. The molecule has 0 amide bonds. The van der Waals surface area contributed by atoms with Crippen LogP contribution in [0.2, 0.25) is 5.02 Å². The Balaban J connectivity index is 1.94. The van der Waals surface area contributed by atoms with E-state index in [1.54, 1.807) is 0 Å². The molecule has 0 unspecified atom stereocenters. The van der Waals surface area contributed by atoms with E-state index in [1.807, 2.05) is 12.1 Å². The van der Waals surface area contributed by atoms with E-state index >= 15 is 0 Å². The highest BCUT2D eigenvalue weighted by molar-refractivity contribution is 6.33. The standard InChI is InChI=1S/C18H19ClN2/c1-12-8-9-15(19)16(10-12)20-11-18-13(2)14-6-4-5-7-17(14)21(18)3/h4-10,20H,11H2,1-3H3. The molecule has 3 rings (SSSR count). The first-order chi connectivity index (χ1) is 10.1. The van der Waals surface area contributed by atoms with E-state index in [4.69, 9.17) is 11.6 Å². The Morgan fingerprint density at radius 3 is 2.62 bits per heavy atom. The van der Waals surface area contributed by atoms with Gasteiger partial charge >= 0.3 is 0 Å². The summed E-state index contributed by atoms with van der Waals surface area (Å²) in [6.07, 6.45) is 0. The summed E-state index contributed by atoms with van der Waals surface area (Å²) >= 11 is 6.25. The van der Waals surface area contributed by atoms with Crippen LogP contribution in [0.5, 0.6) is 0 Å². The van der Waals surface area contributed by atoms with Gasteiger partial charge in [0.25, 0.3) is 0 Å². The third-order valence-electron chi connectivity index (χ3n) is 4.08. The first-order valence-corrected chi connectivity index (χ1v) is 7.48. The normalized spacial score (nSPS) is 11.0. The van der Waals surface area contributed by atoms with Gasteiger partial charge in [-0.25, -0.2) is 0 Å². The molecule has 2 aromatic carbocycles. The van der Waals surface area contributed by atoms with Crippen LogP contribution < -0.4 is 5.32 Å². The lowest BCUT2D eigenvalue weighted by molar-refractivity contribution is 0.862. The molecule has 0 aliphatic heterocycles. The third-order valence-corrected chi connectivity index (χ3v) is 4.40. The number of anilines is 1. The minimum atomic E-state index is 0.761. The summed E-state index contributed by atoms with van der Waals surface area (Å²) in [4.78, 5) is 0. The zero-order chi connectivity index (χ0) is 15.0. The fraction of sp³-hybridized carbons (Fsp3) is 0.222. The second-order valence-corrected chi connectivity index (χ2v) is 5.89. The summed E-state index contributed by atoms with van der Waals surface area (Å²) in [6.45, 7) is 5.01. The molecule has 0 saturated heterocycles. The van der Waals surface area contributed by atoms with Crippen LogP contribution in [0.4, 0.5) is 5.69 Å². The van der Waals surface area contributed by atoms with Gasteiger partial charge in [0, 0.05) is 23.6 Å². The monoisotopic (exact) mass is 298 g/mol. The Morgan fingerprint density at radius 2 is 1.86 bits per heavy atom. The van der Waals surface area contributed by atoms with Gasteiger partial charge in [0.05, 0.1) is 17.3 Å². The van der Waals surface area contributed by atoms with Crippen LogP contribution in [0.3, 0.4) is 0 Å². The van der Waals surface area contributed by atoms with Gasteiger partial charge in [0.1, 0.15) is 0 Å². The van der Waals surface area contributed by atoms with E-state index < -0.39 is 0 Å². The molecule has 21 heavy (non-hydrogen) atoms. The van der Waals surface area contributed by atoms with Crippen LogP contribution in [0.1, 0.15) is 16.8 Å². The van der Waals surface area contributed by atoms with Crippen molar-refractivity contribution in [3.63, 3.8) is 0 Å². The summed E-state index contributed by atoms with van der Waals surface area (Å²) < 4.78 is 2.25. The van der Waals surface area contributed by atoms with Crippen LogP contribution in [-0.2, 0) is 13.6 Å². The quantitative estimate of drug-likeness (QED) is 0.715. The highest BCUT2D eigenvalue weighted by Crippen LogP contribution is 2.27. The molecule has 0 aliphatic carbocycles. The van der Waals surface area contributed by atoms with Crippen molar-refractivity contribution >= 4 is 28.2 Å². The molecule has 0 atom stereocenters. The average Bonchev–Trinajstić information content (AvgIpc) is 2.73. The lowest BCUT2D eigenvalue weighted by atomic mass is 10.1. The Labute approximate surface area is 130 Å². The zero-order valence-corrected chi connectivity index (χ0v) is 13.3. The molecule has 2 nitrogen and oxygen atoms in total. The lowest BCUT2D eigenvalue weighted by Gasteiger charge is -2.11. The van der Waals surface area contributed by atoms with E-state index in [0.717, 1.165) is 17.3 Å². The highest BCUT2D eigenvalue weighted by Gasteiger charge is 2.11. The minimum absolute atomic E-state index is 0.761. The van der Waals surface area contributed by atoms with Crippen LogP contribution >= 0.6 is 11.6 Å². The predicted octanol–water partition coefficient (Wildman–Crippen LogP) is 5.06.